The predicted octanol–water partition coefficient (Wildman–Crippen LogP) is 0.727. The summed E-state index contributed by atoms with van der Waals surface area (Å²) >= 11 is 0. The van der Waals surface area contributed by atoms with Gasteiger partial charge < -0.3 is 14.2 Å². The smallest absolute Gasteiger partial charge is 0.243 e. The van der Waals surface area contributed by atoms with Crippen LogP contribution in [0.25, 0.3) is 0 Å². The molecule has 0 unspecified atom stereocenters. The summed E-state index contributed by atoms with van der Waals surface area (Å²) in [6.45, 7) is 1.17. The van der Waals surface area contributed by atoms with Crippen LogP contribution in [0.2, 0.25) is 0 Å². The van der Waals surface area contributed by atoms with Crippen molar-refractivity contribution in [3.8, 4) is 11.5 Å². The number of ether oxygens (including phenoxy) is 3. The van der Waals surface area contributed by atoms with Crippen molar-refractivity contribution >= 4 is 37.5 Å². The molecule has 1 N–H and O–H groups in total. The molecule has 2 aromatic rings. The lowest BCUT2D eigenvalue weighted by Gasteiger charge is -2.26. The zero-order valence-electron chi connectivity index (χ0n) is 20.1. The minimum absolute atomic E-state index is 0.0269. The van der Waals surface area contributed by atoms with Gasteiger partial charge in [-0.1, -0.05) is 0 Å². The number of hydrogen-bond acceptors (Lipinski definition) is 9. The SMILES string of the molecule is COc1ccc(S(=O)(=O)NCCOc2ccc(S(=O)(=O)N3CCOCC3)cc2)cc1N1C(=O)CCC1=O. The van der Waals surface area contributed by atoms with E-state index in [9.17, 15) is 26.4 Å². The highest BCUT2D eigenvalue weighted by Gasteiger charge is 2.33. The third-order valence-electron chi connectivity index (χ3n) is 5.85. The average molecular weight is 554 g/mol. The molecule has 12 nitrogen and oxygen atoms in total. The molecular weight excluding hydrogens is 526 g/mol. The molecular formula is C23H27N3O9S2. The molecule has 2 fully saturated rings. The predicted molar refractivity (Wildman–Crippen MR) is 131 cm³/mol. The Hall–Kier alpha value is -3.04. The number of rotatable bonds is 10. The first kappa shape index (κ1) is 27.0. The second-order valence-electron chi connectivity index (χ2n) is 8.19. The molecule has 4 rings (SSSR count). The van der Waals surface area contributed by atoms with Crippen molar-refractivity contribution in [2.45, 2.75) is 22.6 Å². The van der Waals surface area contributed by atoms with Crippen LogP contribution in [0, 0.1) is 0 Å². The fourth-order valence-corrected chi connectivity index (χ4v) is 6.37. The van der Waals surface area contributed by atoms with Gasteiger partial charge in [0.15, 0.2) is 0 Å². The van der Waals surface area contributed by atoms with Crippen LogP contribution < -0.4 is 19.1 Å². The zero-order chi connectivity index (χ0) is 26.6. The van der Waals surface area contributed by atoms with Crippen LogP contribution in [-0.4, -0.2) is 79.5 Å². The third-order valence-corrected chi connectivity index (χ3v) is 9.22. The number of methoxy groups -OCH3 is 1. The quantitative estimate of drug-likeness (QED) is 0.332. The van der Waals surface area contributed by atoms with Gasteiger partial charge in [0, 0.05) is 32.5 Å². The summed E-state index contributed by atoms with van der Waals surface area (Å²) < 4.78 is 70.7. The van der Waals surface area contributed by atoms with E-state index in [2.05, 4.69) is 4.72 Å². The molecule has 200 valence electrons. The topological polar surface area (TPSA) is 149 Å². The Morgan fingerprint density at radius 3 is 2.16 bits per heavy atom. The van der Waals surface area contributed by atoms with Gasteiger partial charge in [0.25, 0.3) is 0 Å². The number of sulfonamides is 2. The molecule has 0 bridgehead atoms. The highest BCUT2D eigenvalue weighted by atomic mass is 32.2. The van der Waals surface area contributed by atoms with Gasteiger partial charge in [0.05, 0.1) is 35.8 Å². The van der Waals surface area contributed by atoms with Crippen molar-refractivity contribution in [3.63, 3.8) is 0 Å². The van der Waals surface area contributed by atoms with Crippen molar-refractivity contribution < 1.29 is 40.6 Å². The highest BCUT2D eigenvalue weighted by molar-refractivity contribution is 7.89. The summed E-state index contributed by atoms with van der Waals surface area (Å²) in [6, 6.07) is 9.78. The Kier molecular flexibility index (Phi) is 8.14. The normalized spacial score (nSPS) is 17.3. The Morgan fingerprint density at radius 1 is 0.919 bits per heavy atom. The van der Waals surface area contributed by atoms with Crippen molar-refractivity contribution in [1.82, 2.24) is 9.03 Å². The van der Waals surface area contributed by atoms with E-state index < -0.39 is 31.9 Å². The molecule has 0 aromatic heterocycles. The van der Waals surface area contributed by atoms with Crippen LogP contribution >= 0.6 is 0 Å². The summed E-state index contributed by atoms with van der Waals surface area (Å²) in [7, 11) is -6.26. The van der Waals surface area contributed by atoms with Crippen molar-refractivity contribution in [1.29, 1.82) is 0 Å². The minimum Gasteiger partial charge on any atom is -0.495 e. The molecule has 2 amide bonds. The number of carbonyl (C=O) groups excluding carboxylic acids is 2. The molecule has 0 saturated carbocycles. The van der Waals surface area contributed by atoms with Crippen molar-refractivity contribution in [3.05, 3.63) is 42.5 Å². The molecule has 14 heteroatoms. The lowest BCUT2D eigenvalue weighted by atomic mass is 10.2. The molecule has 2 aliphatic rings. The van der Waals surface area contributed by atoms with E-state index in [1.54, 1.807) is 0 Å². The maximum atomic E-state index is 12.8. The summed E-state index contributed by atoms with van der Waals surface area (Å²) in [4.78, 5) is 25.2. The molecule has 2 aliphatic heterocycles. The monoisotopic (exact) mass is 553 g/mol. The van der Waals surface area contributed by atoms with Gasteiger partial charge in [-0.3, -0.25) is 9.59 Å². The number of imide groups is 1. The molecule has 2 heterocycles. The van der Waals surface area contributed by atoms with Gasteiger partial charge in [0.1, 0.15) is 18.1 Å². The largest absolute Gasteiger partial charge is 0.495 e. The number of nitrogens with zero attached hydrogens (tertiary/aromatic N) is 2. The summed E-state index contributed by atoms with van der Waals surface area (Å²) in [6.07, 6.45) is 0.101. The first-order valence-corrected chi connectivity index (χ1v) is 14.4. The van der Waals surface area contributed by atoms with Gasteiger partial charge in [-0.15, -0.1) is 0 Å². The fraction of sp³-hybridized carbons (Fsp3) is 0.391. The van der Waals surface area contributed by atoms with Crippen LogP contribution in [-0.2, 0) is 34.4 Å². The molecule has 2 saturated heterocycles. The number of anilines is 1. The van der Waals surface area contributed by atoms with Gasteiger partial charge in [0.2, 0.25) is 31.9 Å². The Labute approximate surface area is 215 Å². The fourth-order valence-electron chi connectivity index (χ4n) is 3.93. The van der Waals surface area contributed by atoms with E-state index in [0.29, 0.717) is 32.1 Å². The second-order valence-corrected chi connectivity index (χ2v) is 11.9. The number of hydrogen-bond donors (Lipinski definition) is 1. The standard InChI is InChI=1S/C23H27N3O9S2/c1-33-21-7-6-19(16-20(21)26-22(27)8-9-23(26)28)36(29,30)24-10-13-35-17-2-4-18(5-3-17)37(31,32)25-11-14-34-15-12-25/h2-7,16,24H,8-15H2,1H3. The van der Waals surface area contributed by atoms with Gasteiger partial charge >= 0.3 is 0 Å². The summed E-state index contributed by atoms with van der Waals surface area (Å²) in [5.41, 5.74) is 0.0706. The summed E-state index contributed by atoms with van der Waals surface area (Å²) in [5, 5.41) is 0. The Morgan fingerprint density at radius 2 is 1.54 bits per heavy atom. The molecule has 0 spiro atoms. The van der Waals surface area contributed by atoms with Gasteiger partial charge in [-0.2, -0.15) is 4.31 Å². The van der Waals surface area contributed by atoms with E-state index in [0.717, 1.165) is 4.90 Å². The van der Waals surface area contributed by atoms with Crippen molar-refractivity contribution in [2.75, 3.05) is 51.5 Å². The molecule has 37 heavy (non-hydrogen) atoms. The first-order valence-electron chi connectivity index (χ1n) is 11.5. The zero-order valence-corrected chi connectivity index (χ0v) is 21.7. The molecule has 0 atom stereocenters. The number of amides is 2. The van der Waals surface area contributed by atoms with E-state index in [1.807, 2.05) is 0 Å². The maximum Gasteiger partial charge on any atom is 0.243 e. The Bertz CT molecular complexity index is 1350. The Balaban J connectivity index is 1.36. The second kappa shape index (κ2) is 11.1. The minimum atomic E-state index is -4.00. The molecule has 0 aliphatic carbocycles. The van der Waals surface area contributed by atoms with E-state index in [4.69, 9.17) is 14.2 Å². The van der Waals surface area contributed by atoms with Crippen LogP contribution in [0.5, 0.6) is 11.5 Å². The lowest BCUT2D eigenvalue weighted by Crippen LogP contribution is -2.40. The van der Waals surface area contributed by atoms with E-state index >= 15 is 0 Å². The average Bonchev–Trinajstić information content (AvgIpc) is 3.24. The summed E-state index contributed by atoms with van der Waals surface area (Å²) in [5.74, 6) is -0.283. The third kappa shape index (κ3) is 5.93. The van der Waals surface area contributed by atoms with Gasteiger partial charge in [-0.25, -0.2) is 26.5 Å². The number of benzene rings is 2. The molecule has 2 aromatic carbocycles. The number of morpholine rings is 1. The number of nitrogens with one attached hydrogen (secondary N) is 1. The van der Waals surface area contributed by atoms with Gasteiger partial charge in [-0.05, 0) is 42.5 Å². The van der Waals surface area contributed by atoms with Crippen LogP contribution in [0.1, 0.15) is 12.8 Å². The van der Waals surface area contributed by atoms with Crippen LogP contribution in [0.3, 0.4) is 0 Å². The molecule has 0 radical (unpaired) electrons. The number of carbonyl (C=O) groups is 2. The highest BCUT2D eigenvalue weighted by Crippen LogP contribution is 2.34. The van der Waals surface area contributed by atoms with Crippen LogP contribution in [0.15, 0.2) is 52.3 Å². The first-order chi connectivity index (χ1) is 17.6. The maximum absolute atomic E-state index is 12.8. The van der Waals surface area contributed by atoms with E-state index in [-0.39, 0.29) is 47.2 Å². The van der Waals surface area contributed by atoms with Crippen LogP contribution in [0.4, 0.5) is 5.69 Å². The van der Waals surface area contributed by atoms with Crippen molar-refractivity contribution in [2.24, 2.45) is 0 Å². The van der Waals surface area contributed by atoms with E-state index in [1.165, 1.54) is 53.9 Å². The lowest BCUT2D eigenvalue weighted by molar-refractivity contribution is -0.121.